The molecule has 0 atom stereocenters. The molecule has 2 aromatic rings. The van der Waals surface area contributed by atoms with E-state index in [1.54, 1.807) is 24.3 Å². The first-order valence-corrected chi connectivity index (χ1v) is 12.3. The summed E-state index contributed by atoms with van der Waals surface area (Å²) in [6.07, 6.45) is 3.15. The zero-order valence-electron chi connectivity index (χ0n) is 21.3. The van der Waals surface area contributed by atoms with Gasteiger partial charge in [-0.1, -0.05) is 43.5 Å². The topological polar surface area (TPSA) is 132 Å². The maximum atomic E-state index is 12.8. The van der Waals surface area contributed by atoms with E-state index in [1.807, 2.05) is 0 Å². The molecule has 2 aromatic carbocycles. The van der Waals surface area contributed by atoms with Crippen LogP contribution in [0.2, 0.25) is 0 Å². The highest BCUT2D eigenvalue weighted by molar-refractivity contribution is 5.94. The van der Waals surface area contributed by atoms with E-state index in [9.17, 15) is 24.0 Å². The fourth-order valence-corrected chi connectivity index (χ4v) is 3.97. The molecular formula is C28H30O10. The third kappa shape index (κ3) is 8.43. The highest BCUT2D eigenvalue weighted by atomic mass is 16.6. The largest absolute Gasteiger partial charge is 0.458 e. The second-order valence-electron chi connectivity index (χ2n) is 8.77. The summed E-state index contributed by atoms with van der Waals surface area (Å²) in [6.45, 7) is 1.59. The van der Waals surface area contributed by atoms with Crippen LogP contribution in [0.5, 0.6) is 11.5 Å². The number of hydrogen-bond donors (Lipinski definition) is 0. The van der Waals surface area contributed by atoms with Crippen LogP contribution >= 0.6 is 0 Å². The predicted molar refractivity (Wildman–Crippen MR) is 133 cm³/mol. The smallest absolute Gasteiger partial charge is 0.342 e. The first-order chi connectivity index (χ1) is 18.2. The normalized spacial score (nSPS) is 13.3. The molecule has 202 valence electrons. The van der Waals surface area contributed by atoms with Gasteiger partial charge in [-0.3, -0.25) is 14.4 Å². The van der Waals surface area contributed by atoms with Crippen molar-refractivity contribution in [3.8, 4) is 11.5 Å². The zero-order valence-corrected chi connectivity index (χ0v) is 21.3. The Bertz CT molecular complexity index is 1090. The van der Waals surface area contributed by atoms with Crippen LogP contribution in [-0.2, 0) is 28.6 Å². The quantitative estimate of drug-likeness (QED) is 0.254. The van der Waals surface area contributed by atoms with Gasteiger partial charge in [0.05, 0.1) is 5.92 Å². The molecule has 0 saturated heterocycles. The second-order valence-corrected chi connectivity index (χ2v) is 8.77. The number of para-hydroxylation sites is 2. The van der Waals surface area contributed by atoms with E-state index in [0.29, 0.717) is 12.8 Å². The molecule has 0 N–H and O–H groups in total. The molecule has 1 aliphatic rings. The van der Waals surface area contributed by atoms with Gasteiger partial charge in [0.1, 0.15) is 35.8 Å². The Morgan fingerprint density at radius 2 is 1.16 bits per heavy atom. The lowest BCUT2D eigenvalue weighted by Gasteiger charge is -2.24. The first-order valence-electron chi connectivity index (χ1n) is 12.3. The summed E-state index contributed by atoms with van der Waals surface area (Å²) in [5, 5.41) is 0. The van der Waals surface area contributed by atoms with Gasteiger partial charge in [0.15, 0.2) is 6.10 Å². The predicted octanol–water partition coefficient (Wildman–Crippen LogP) is 4.04. The Hall–Kier alpha value is -4.21. The van der Waals surface area contributed by atoms with E-state index in [0.717, 1.165) is 19.3 Å². The van der Waals surface area contributed by atoms with Gasteiger partial charge in [0.2, 0.25) is 0 Å². The average molecular weight is 527 g/mol. The van der Waals surface area contributed by atoms with Crippen molar-refractivity contribution < 1.29 is 47.7 Å². The molecule has 10 heteroatoms. The molecule has 0 heterocycles. The lowest BCUT2D eigenvalue weighted by atomic mass is 9.89. The van der Waals surface area contributed by atoms with Gasteiger partial charge in [-0.25, -0.2) is 9.59 Å². The SMILES string of the molecule is CC(=O)Oc1ccccc1C(=O)OCC(COC(=O)c1ccccc1OC(C)=O)OC(=O)C1CCCCC1. The Morgan fingerprint density at radius 1 is 0.711 bits per heavy atom. The third-order valence-electron chi connectivity index (χ3n) is 5.74. The maximum absolute atomic E-state index is 12.8. The molecule has 0 aliphatic heterocycles. The fourth-order valence-electron chi connectivity index (χ4n) is 3.97. The Labute approximate surface area is 220 Å². The van der Waals surface area contributed by atoms with Gasteiger partial charge in [0.25, 0.3) is 0 Å². The summed E-state index contributed by atoms with van der Waals surface area (Å²) in [5.41, 5.74) is 0.0136. The number of carbonyl (C=O) groups excluding carboxylic acids is 5. The van der Waals surface area contributed by atoms with Crippen molar-refractivity contribution in [2.45, 2.75) is 52.1 Å². The van der Waals surface area contributed by atoms with Crippen LogP contribution in [0, 0.1) is 5.92 Å². The summed E-state index contributed by atoms with van der Waals surface area (Å²) in [4.78, 5) is 61.0. The van der Waals surface area contributed by atoms with Gasteiger partial charge >= 0.3 is 29.8 Å². The maximum Gasteiger partial charge on any atom is 0.342 e. The lowest BCUT2D eigenvalue weighted by molar-refractivity contribution is -0.160. The molecule has 0 amide bonds. The molecule has 0 aromatic heterocycles. The van der Waals surface area contributed by atoms with Crippen LogP contribution in [0.1, 0.15) is 66.7 Å². The summed E-state index contributed by atoms with van der Waals surface area (Å²) >= 11 is 0. The van der Waals surface area contributed by atoms with E-state index in [2.05, 4.69) is 0 Å². The third-order valence-corrected chi connectivity index (χ3v) is 5.74. The summed E-state index contributed by atoms with van der Waals surface area (Å²) < 4.78 is 26.4. The van der Waals surface area contributed by atoms with Gasteiger partial charge in [0, 0.05) is 13.8 Å². The summed E-state index contributed by atoms with van der Waals surface area (Å²) in [6, 6.07) is 12.1. The number of esters is 5. The fraction of sp³-hybridized carbons (Fsp3) is 0.393. The van der Waals surface area contributed by atoms with E-state index in [1.165, 1.54) is 38.1 Å². The van der Waals surface area contributed by atoms with Gasteiger partial charge < -0.3 is 23.7 Å². The van der Waals surface area contributed by atoms with Crippen molar-refractivity contribution in [1.82, 2.24) is 0 Å². The van der Waals surface area contributed by atoms with E-state index < -0.39 is 49.2 Å². The minimum atomic E-state index is -1.10. The summed E-state index contributed by atoms with van der Waals surface area (Å²) in [7, 11) is 0. The van der Waals surface area contributed by atoms with Crippen LogP contribution in [0.4, 0.5) is 0 Å². The molecule has 0 spiro atoms. The number of hydrogen-bond acceptors (Lipinski definition) is 10. The lowest BCUT2D eigenvalue weighted by Crippen LogP contribution is -2.33. The number of ether oxygens (including phenoxy) is 5. The molecule has 0 radical (unpaired) electrons. The van der Waals surface area contributed by atoms with E-state index in [-0.39, 0.29) is 28.5 Å². The zero-order chi connectivity index (χ0) is 27.5. The van der Waals surface area contributed by atoms with Crippen molar-refractivity contribution >= 4 is 29.8 Å². The molecule has 0 unspecified atom stereocenters. The van der Waals surface area contributed by atoms with Crippen molar-refractivity contribution in [3.63, 3.8) is 0 Å². The van der Waals surface area contributed by atoms with Gasteiger partial charge in [-0.05, 0) is 37.1 Å². The molecule has 1 saturated carbocycles. The average Bonchev–Trinajstić information content (AvgIpc) is 2.90. The Balaban J connectivity index is 1.70. The number of carbonyl (C=O) groups is 5. The van der Waals surface area contributed by atoms with Crippen molar-refractivity contribution in [2.75, 3.05) is 13.2 Å². The highest BCUT2D eigenvalue weighted by Crippen LogP contribution is 2.26. The van der Waals surface area contributed by atoms with Crippen LogP contribution < -0.4 is 9.47 Å². The van der Waals surface area contributed by atoms with E-state index in [4.69, 9.17) is 23.7 Å². The number of benzene rings is 2. The highest BCUT2D eigenvalue weighted by Gasteiger charge is 2.28. The molecular weight excluding hydrogens is 496 g/mol. The van der Waals surface area contributed by atoms with Crippen molar-refractivity contribution in [3.05, 3.63) is 59.7 Å². The van der Waals surface area contributed by atoms with Gasteiger partial charge in [-0.2, -0.15) is 0 Å². The van der Waals surface area contributed by atoms with Crippen LogP contribution in [0.25, 0.3) is 0 Å². The molecule has 10 nitrogen and oxygen atoms in total. The molecule has 1 fully saturated rings. The minimum absolute atomic E-state index is 0.00682. The molecule has 38 heavy (non-hydrogen) atoms. The number of rotatable bonds is 10. The van der Waals surface area contributed by atoms with Gasteiger partial charge in [-0.15, -0.1) is 0 Å². The van der Waals surface area contributed by atoms with E-state index >= 15 is 0 Å². The Kier molecular flexibility index (Phi) is 10.4. The van der Waals surface area contributed by atoms with Crippen LogP contribution in [-0.4, -0.2) is 49.2 Å². The van der Waals surface area contributed by atoms with Crippen molar-refractivity contribution in [2.24, 2.45) is 5.92 Å². The van der Waals surface area contributed by atoms with Crippen LogP contribution in [0.3, 0.4) is 0 Å². The Morgan fingerprint density at radius 3 is 1.61 bits per heavy atom. The second kappa shape index (κ2) is 13.9. The monoisotopic (exact) mass is 526 g/mol. The minimum Gasteiger partial charge on any atom is -0.458 e. The molecule has 0 bridgehead atoms. The first kappa shape index (κ1) is 28.4. The molecule has 3 rings (SSSR count). The summed E-state index contributed by atoms with van der Waals surface area (Å²) in [5.74, 6) is -3.53. The van der Waals surface area contributed by atoms with Crippen LogP contribution in [0.15, 0.2) is 48.5 Å². The molecule has 1 aliphatic carbocycles. The standard InChI is InChI=1S/C28H30O10/c1-18(29)36-24-14-8-6-12-22(24)27(32)34-16-21(38-26(31)20-10-4-3-5-11-20)17-35-28(33)23-13-7-9-15-25(23)37-19(2)30/h6-9,12-15,20-21H,3-5,10-11,16-17H2,1-2H3. The van der Waals surface area contributed by atoms with Crippen molar-refractivity contribution in [1.29, 1.82) is 0 Å².